The summed E-state index contributed by atoms with van der Waals surface area (Å²) in [6.07, 6.45) is 13.9. The van der Waals surface area contributed by atoms with Gasteiger partial charge in [-0.05, 0) is 96.1 Å². The van der Waals surface area contributed by atoms with Crippen molar-refractivity contribution in [2.45, 2.75) is 206 Å². The van der Waals surface area contributed by atoms with Crippen LogP contribution in [0.2, 0.25) is 0 Å². The minimum Gasteiger partial charge on any atom is -0.504 e. The van der Waals surface area contributed by atoms with E-state index in [4.69, 9.17) is 43.6 Å². The number of aryl methyl sites for hydroxylation is 2. The number of amides is 1. The van der Waals surface area contributed by atoms with E-state index in [2.05, 4.69) is 56.1 Å². The van der Waals surface area contributed by atoms with Gasteiger partial charge in [0.05, 0.1) is 50.5 Å². The zero-order valence-electron chi connectivity index (χ0n) is 54.9. The number of rotatable bonds is 18. The average molecular weight is 1250 g/mol. The standard InChI is InChI=1S/C42H58N4O7.C28H32N4O6/c1-8-9-10-11-12-13-14-15-16-17-24(2)42(49)44-22-33-35-29(39(53-27(5)47)26(4)40-41(35)52-23-51-40)20-31-36-34-28(18-25(3)38(50-7)37(34)48)19-30(45(36)6)32(21-43)46(31)33;1-12-6-15-7-17-19(9-29)32-18(23(31(17)4)21(15)24(34)25(12)35-5)8-16-22(20(32)10-30)28-27(36-11-37-28)13(2)26(16)38-14(3)33/h18,24,30-33,36,48H,8-17,19-20,22-23H2,1-7H3,(H,44,49);6,17-20,23,34H,7-8,10-11,30H2,1-5H3/t24?,30-,31?,32-,33-,36-;17-,18?,19-,20-,23-/m00/s1. The maximum atomic E-state index is 13.8. The molecule has 2 fully saturated rings. The van der Waals surface area contributed by atoms with Crippen molar-refractivity contribution in [3.8, 4) is 69.6 Å². The summed E-state index contributed by atoms with van der Waals surface area (Å²) in [5.41, 5.74) is 16.3. The fraction of sp³-hybridized carbons (Fsp3) is 0.586. The average Bonchev–Trinajstić information content (AvgIpc) is 1.34. The number of piperazine rings is 2. The van der Waals surface area contributed by atoms with Crippen molar-refractivity contribution in [1.82, 2.24) is 24.9 Å². The van der Waals surface area contributed by atoms with Gasteiger partial charge < -0.3 is 59.2 Å². The molecule has 8 heterocycles. The number of benzene rings is 4. The number of phenols is 2. The third-order valence-electron chi connectivity index (χ3n) is 20.9. The number of unbranched alkanes of at least 4 members (excludes halogenated alkanes) is 8. The van der Waals surface area contributed by atoms with Crippen LogP contribution in [-0.2, 0) is 40.1 Å². The lowest BCUT2D eigenvalue weighted by molar-refractivity contribution is -0.133. The first-order chi connectivity index (χ1) is 43.8. The van der Waals surface area contributed by atoms with Gasteiger partial charge in [0.2, 0.25) is 19.5 Å². The first kappa shape index (κ1) is 65.0. The third kappa shape index (κ3) is 11.2. The predicted molar refractivity (Wildman–Crippen MR) is 338 cm³/mol. The minimum absolute atomic E-state index is 0.0144. The van der Waals surface area contributed by atoms with Crippen LogP contribution in [0.4, 0.5) is 0 Å². The van der Waals surface area contributed by atoms with Gasteiger partial charge in [0, 0.05) is 102 Å². The van der Waals surface area contributed by atoms with Crippen LogP contribution in [0.15, 0.2) is 12.1 Å². The van der Waals surface area contributed by atoms with E-state index in [1.807, 2.05) is 48.7 Å². The van der Waals surface area contributed by atoms with E-state index in [0.29, 0.717) is 82.8 Å². The molecule has 0 radical (unpaired) electrons. The Morgan fingerprint density at radius 1 is 0.626 bits per heavy atom. The van der Waals surface area contributed by atoms with E-state index in [1.165, 1.54) is 58.8 Å². The molecule has 11 atom stereocenters. The van der Waals surface area contributed by atoms with Gasteiger partial charge in [0.25, 0.3) is 0 Å². The second-order valence-electron chi connectivity index (χ2n) is 26.2. The van der Waals surface area contributed by atoms with Gasteiger partial charge in [-0.25, -0.2) is 0 Å². The van der Waals surface area contributed by atoms with Crippen LogP contribution in [0.1, 0.15) is 183 Å². The first-order valence-electron chi connectivity index (χ1n) is 32.6. The molecule has 8 aliphatic heterocycles. The molecule has 0 saturated carbocycles. The monoisotopic (exact) mass is 1250 g/mol. The number of nitrogens with zero attached hydrogens (tertiary/aromatic N) is 6. The fourth-order valence-corrected chi connectivity index (χ4v) is 16.9. The highest BCUT2D eigenvalue weighted by Crippen LogP contribution is 2.61. The molecule has 4 aromatic carbocycles. The van der Waals surface area contributed by atoms with Gasteiger partial charge in [-0.3, -0.25) is 34.0 Å². The zero-order valence-corrected chi connectivity index (χ0v) is 54.9. The summed E-state index contributed by atoms with van der Waals surface area (Å²) in [6.45, 7) is 15.1. The molecule has 2 saturated heterocycles. The minimum atomic E-state index is -0.551. The highest BCUT2D eigenvalue weighted by molar-refractivity contribution is 5.79. The van der Waals surface area contributed by atoms with Crippen LogP contribution in [-0.4, -0.2) is 139 Å². The van der Waals surface area contributed by atoms with Crippen molar-refractivity contribution >= 4 is 17.8 Å². The lowest BCUT2D eigenvalue weighted by Crippen LogP contribution is -2.68. The Morgan fingerprint density at radius 3 is 1.46 bits per heavy atom. The topological polar surface area (TPSA) is 264 Å². The number of phenolic OH excluding ortho intramolecular Hbond substituents is 2. The van der Waals surface area contributed by atoms with E-state index >= 15 is 0 Å². The summed E-state index contributed by atoms with van der Waals surface area (Å²) in [6, 6.07) is 6.03. The molecular weight excluding hydrogens is 1160 g/mol. The SMILES string of the molecule is CCCCCCCCCCCC(C)C(=O)NC[C@H]1c2c(c(OC(C)=O)c(C)c3c2OCO3)CC2[C@H]3c4c(cc(C)c(OC)c4O)C[C@@H]([C@H](C#N)N21)N3C.COc1c(C)cc2c(c1O)[C@@H]1C3Cc4c(OC(C)=O)c(C)c5c(c4[C@H](CN)N3[C@@H](C#N)[C@H](C2)N1C)OCO5. The molecule has 21 nitrogen and oxygen atoms in total. The highest BCUT2D eigenvalue weighted by Gasteiger charge is 2.59. The molecule has 3 unspecified atom stereocenters. The van der Waals surface area contributed by atoms with E-state index in [1.54, 1.807) is 14.2 Å². The van der Waals surface area contributed by atoms with Gasteiger partial charge in [0.1, 0.15) is 23.6 Å². The van der Waals surface area contributed by atoms with Gasteiger partial charge >= 0.3 is 11.9 Å². The van der Waals surface area contributed by atoms with Crippen molar-refractivity contribution in [3.05, 3.63) is 78.9 Å². The number of methoxy groups -OCH3 is 2. The quantitative estimate of drug-likeness (QED) is 0.0410. The van der Waals surface area contributed by atoms with Crippen LogP contribution >= 0.6 is 0 Å². The van der Waals surface area contributed by atoms with E-state index in [0.717, 1.165) is 74.9 Å². The van der Waals surface area contributed by atoms with Crippen molar-refractivity contribution in [2.24, 2.45) is 11.7 Å². The lowest BCUT2D eigenvalue weighted by atomic mass is 9.71. The molecule has 0 aliphatic carbocycles. The fourth-order valence-electron chi connectivity index (χ4n) is 16.9. The number of nitrogens with one attached hydrogen (secondary N) is 1. The normalized spacial score (nSPS) is 24.9. The number of esters is 2. The van der Waals surface area contributed by atoms with Crippen molar-refractivity contribution in [3.63, 3.8) is 0 Å². The number of nitriles is 2. The Labute approximate surface area is 534 Å². The van der Waals surface area contributed by atoms with Gasteiger partial charge in [-0.1, -0.05) is 83.8 Å². The smallest absolute Gasteiger partial charge is 0.308 e. The number of fused-ring (bicyclic) bond motifs is 18. The second-order valence-corrected chi connectivity index (χ2v) is 26.2. The number of nitrogens with two attached hydrogens (primary N) is 1. The van der Waals surface area contributed by atoms with E-state index in [9.17, 15) is 35.1 Å². The number of ether oxygens (including phenoxy) is 8. The summed E-state index contributed by atoms with van der Waals surface area (Å²) in [5.74, 6) is 3.14. The zero-order chi connectivity index (χ0) is 65.0. The molecular formula is C70H90N8O13. The molecule has 5 N–H and O–H groups in total. The molecule has 0 aromatic heterocycles. The largest absolute Gasteiger partial charge is 0.504 e. The summed E-state index contributed by atoms with van der Waals surface area (Å²) < 4.78 is 46.9. The van der Waals surface area contributed by atoms with Gasteiger partial charge in [0.15, 0.2) is 46.0 Å². The number of carbonyl (C=O) groups excluding carboxylic acids is 3. The molecule has 21 heteroatoms. The Balaban J connectivity index is 0.000000197. The third-order valence-corrected chi connectivity index (χ3v) is 20.9. The summed E-state index contributed by atoms with van der Waals surface area (Å²) in [7, 11) is 7.15. The van der Waals surface area contributed by atoms with Crippen LogP contribution in [0.25, 0.3) is 0 Å². The van der Waals surface area contributed by atoms with Crippen molar-refractivity contribution < 1.29 is 62.5 Å². The van der Waals surface area contributed by atoms with Gasteiger partial charge in [-0.15, -0.1) is 0 Å². The molecule has 488 valence electrons. The number of aromatic hydroxyl groups is 2. The second kappa shape index (κ2) is 26.6. The molecule has 4 bridgehead atoms. The van der Waals surface area contributed by atoms with Crippen LogP contribution in [0.3, 0.4) is 0 Å². The first-order valence-corrected chi connectivity index (χ1v) is 32.6. The summed E-state index contributed by atoms with van der Waals surface area (Å²) in [5, 5.41) is 48.0. The lowest BCUT2D eigenvalue weighted by Gasteiger charge is -2.60. The number of carbonyl (C=O) groups is 3. The summed E-state index contributed by atoms with van der Waals surface area (Å²) >= 11 is 0. The van der Waals surface area contributed by atoms with Crippen molar-refractivity contribution in [2.75, 3.05) is 55.0 Å². The van der Waals surface area contributed by atoms with Crippen LogP contribution in [0.5, 0.6) is 57.5 Å². The predicted octanol–water partition coefficient (Wildman–Crippen LogP) is 9.52. The molecule has 0 spiro atoms. The Morgan fingerprint density at radius 2 is 1.04 bits per heavy atom. The maximum absolute atomic E-state index is 13.8. The molecule has 12 rings (SSSR count). The number of hydrogen-bond acceptors (Lipinski definition) is 20. The molecule has 4 aromatic rings. The maximum Gasteiger partial charge on any atom is 0.308 e. The molecule has 8 aliphatic rings. The number of hydrogen-bond donors (Lipinski definition) is 4. The highest BCUT2D eigenvalue weighted by atomic mass is 16.7. The number of likely N-dealkylation sites (N-methyl/N-ethyl adjacent to an activating group) is 2. The molecule has 1 amide bonds. The Bertz CT molecular complexity index is 3600. The Kier molecular flexibility index (Phi) is 19.0. The van der Waals surface area contributed by atoms with E-state index < -0.39 is 30.1 Å². The van der Waals surface area contributed by atoms with Gasteiger partial charge in [-0.2, -0.15) is 10.5 Å². The van der Waals surface area contributed by atoms with Crippen molar-refractivity contribution in [1.29, 1.82) is 10.5 Å². The van der Waals surface area contributed by atoms with E-state index in [-0.39, 0.29) is 92.3 Å². The summed E-state index contributed by atoms with van der Waals surface area (Å²) in [4.78, 5) is 47.4. The van der Waals surface area contributed by atoms with Crippen LogP contribution in [0, 0.1) is 56.3 Å². The Hall–Kier alpha value is -7.53. The molecule has 91 heavy (non-hydrogen) atoms. The van der Waals surface area contributed by atoms with Crippen LogP contribution < -0.4 is 48.9 Å².